The van der Waals surface area contributed by atoms with E-state index < -0.39 is 0 Å². The SMILES string of the molecule is CN=C(NCC(C(C)C)N1CCN(C)CC1)NCC1(N2CCOCC2)CCCCC1.I. The lowest BCUT2D eigenvalue weighted by atomic mass is 9.80. The van der Waals surface area contributed by atoms with Crippen LogP contribution in [0.5, 0.6) is 0 Å². The molecule has 3 fully saturated rings. The van der Waals surface area contributed by atoms with Crippen LogP contribution in [0.1, 0.15) is 46.0 Å². The summed E-state index contributed by atoms with van der Waals surface area (Å²) < 4.78 is 5.63. The molecule has 0 amide bonds. The number of hydrogen-bond acceptors (Lipinski definition) is 5. The molecule has 2 heterocycles. The minimum Gasteiger partial charge on any atom is -0.379 e. The molecule has 182 valence electrons. The van der Waals surface area contributed by atoms with Crippen molar-refractivity contribution in [2.45, 2.75) is 57.5 Å². The molecule has 8 heteroatoms. The molecule has 3 rings (SSSR count). The van der Waals surface area contributed by atoms with Crippen LogP contribution in [0.3, 0.4) is 0 Å². The van der Waals surface area contributed by atoms with Crippen LogP contribution in [-0.4, -0.2) is 112 Å². The number of nitrogens with one attached hydrogen (secondary N) is 2. The predicted octanol–water partition coefficient (Wildman–Crippen LogP) is 2.08. The van der Waals surface area contributed by atoms with Crippen molar-refractivity contribution in [2.75, 3.05) is 79.7 Å². The first kappa shape index (κ1) is 27.1. The summed E-state index contributed by atoms with van der Waals surface area (Å²) in [5.41, 5.74) is 0.258. The summed E-state index contributed by atoms with van der Waals surface area (Å²) in [6, 6.07) is 0.542. The molecule has 0 bridgehead atoms. The van der Waals surface area contributed by atoms with Crippen molar-refractivity contribution in [2.24, 2.45) is 10.9 Å². The van der Waals surface area contributed by atoms with Gasteiger partial charge in [0.15, 0.2) is 5.96 Å². The number of halogens is 1. The van der Waals surface area contributed by atoms with Crippen LogP contribution in [-0.2, 0) is 4.74 Å². The summed E-state index contributed by atoms with van der Waals surface area (Å²) in [5.74, 6) is 1.57. The molecule has 1 aliphatic carbocycles. The highest BCUT2D eigenvalue weighted by atomic mass is 127. The van der Waals surface area contributed by atoms with Gasteiger partial charge < -0.3 is 20.3 Å². The Bertz CT molecular complexity index is 526. The van der Waals surface area contributed by atoms with Gasteiger partial charge in [0, 0.05) is 71.0 Å². The van der Waals surface area contributed by atoms with E-state index in [1.54, 1.807) is 0 Å². The van der Waals surface area contributed by atoms with E-state index in [4.69, 9.17) is 4.74 Å². The van der Waals surface area contributed by atoms with Gasteiger partial charge in [-0.25, -0.2) is 0 Å². The maximum absolute atomic E-state index is 5.63. The number of piperazine rings is 1. The Morgan fingerprint density at radius 2 is 1.61 bits per heavy atom. The van der Waals surface area contributed by atoms with E-state index in [9.17, 15) is 0 Å². The number of morpholine rings is 1. The molecule has 7 nitrogen and oxygen atoms in total. The summed E-state index contributed by atoms with van der Waals surface area (Å²) in [4.78, 5) is 12.3. The Kier molecular flexibility index (Phi) is 11.8. The second-order valence-corrected chi connectivity index (χ2v) is 9.84. The predicted molar refractivity (Wildman–Crippen MR) is 141 cm³/mol. The first-order chi connectivity index (χ1) is 14.5. The number of guanidine groups is 1. The van der Waals surface area contributed by atoms with Gasteiger partial charge in [0.1, 0.15) is 0 Å². The Morgan fingerprint density at radius 1 is 0.968 bits per heavy atom. The third kappa shape index (κ3) is 7.69. The number of aliphatic imine (C=N–C) groups is 1. The van der Waals surface area contributed by atoms with Gasteiger partial charge in [-0.2, -0.15) is 0 Å². The van der Waals surface area contributed by atoms with E-state index in [0.29, 0.717) is 12.0 Å². The lowest BCUT2D eigenvalue weighted by Crippen LogP contribution is -2.61. The third-order valence-corrected chi connectivity index (χ3v) is 7.53. The summed E-state index contributed by atoms with van der Waals surface area (Å²) >= 11 is 0. The van der Waals surface area contributed by atoms with Gasteiger partial charge in [-0.3, -0.25) is 14.8 Å². The molecule has 2 N–H and O–H groups in total. The molecule has 0 spiro atoms. The van der Waals surface area contributed by atoms with Gasteiger partial charge in [-0.15, -0.1) is 24.0 Å². The zero-order valence-electron chi connectivity index (χ0n) is 20.4. The summed E-state index contributed by atoms with van der Waals surface area (Å²) in [6.07, 6.45) is 6.62. The molecule has 0 radical (unpaired) electrons. The lowest BCUT2D eigenvalue weighted by Gasteiger charge is -2.48. The molecule has 3 aliphatic rings. The Labute approximate surface area is 207 Å². The van der Waals surface area contributed by atoms with Crippen molar-refractivity contribution in [3.8, 4) is 0 Å². The minimum absolute atomic E-state index is 0. The molecular formula is C23H47IN6O. The molecule has 0 aromatic rings. The fourth-order valence-corrected chi connectivity index (χ4v) is 5.46. The fraction of sp³-hybridized carbons (Fsp3) is 0.957. The zero-order chi connectivity index (χ0) is 21.4. The van der Waals surface area contributed by atoms with Crippen molar-refractivity contribution in [3.63, 3.8) is 0 Å². The van der Waals surface area contributed by atoms with E-state index in [1.165, 1.54) is 32.1 Å². The van der Waals surface area contributed by atoms with Crippen LogP contribution >= 0.6 is 24.0 Å². The summed E-state index contributed by atoms with van der Waals surface area (Å²) in [5, 5.41) is 7.37. The number of hydrogen-bond donors (Lipinski definition) is 2. The highest BCUT2D eigenvalue weighted by molar-refractivity contribution is 14.0. The second kappa shape index (κ2) is 13.5. The van der Waals surface area contributed by atoms with Crippen LogP contribution in [0.15, 0.2) is 4.99 Å². The second-order valence-electron chi connectivity index (χ2n) is 9.84. The first-order valence-electron chi connectivity index (χ1n) is 12.2. The molecular weight excluding hydrogens is 503 g/mol. The number of rotatable bonds is 7. The molecule has 31 heavy (non-hydrogen) atoms. The Balaban J connectivity index is 0.00000341. The largest absolute Gasteiger partial charge is 0.379 e. The van der Waals surface area contributed by atoms with Crippen LogP contribution in [0.25, 0.3) is 0 Å². The maximum atomic E-state index is 5.63. The van der Waals surface area contributed by atoms with E-state index >= 15 is 0 Å². The number of likely N-dealkylation sites (N-methyl/N-ethyl adjacent to an activating group) is 1. The smallest absolute Gasteiger partial charge is 0.191 e. The maximum Gasteiger partial charge on any atom is 0.191 e. The normalized spacial score (nSPS) is 25.1. The van der Waals surface area contributed by atoms with Crippen LogP contribution in [0.2, 0.25) is 0 Å². The van der Waals surface area contributed by atoms with E-state index in [0.717, 1.165) is 71.5 Å². The quantitative estimate of drug-likeness (QED) is 0.288. The van der Waals surface area contributed by atoms with Gasteiger partial charge in [-0.05, 0) is 25.8 Å². The van der Waals surface area contributed by atoms with Gasteiger partial charge in [0.25, 0.3) is 0 Å². The van der Waals surface area contributed by atoms with E-state index in [1.807, 2.05) is 7.05 Å². The molecule has 1 atom stereocenters. The first-order valence-corrected chi connectivity index (χ1v) is 12.2. The molecule has 1 unspecified atom stereocenters. The van der Waals surface area contributed by atoms with Gasteiger partial charge >= 0.3 is 0 Å². The fourth-order valence-electron chi connectivity index (χ4n) is 5.46. The lowest BCUT2D eigenvalue weighted by molar-refractivity contribution is -0.0352. The molecule has 2 aliphatic heterocycles. The van der Waals surface area contributed by atoms with Crippen molar-refractivity contribution in [1.82, 2.24) is 25.3 Å². The van der Waals surface area contributed by atoms with Crippen LogP contribution < -0.4 is 10.6 Å². The molecule has 1 saturated carbocycles. The highest BCUT2D eigenvalue weighted by Crippen LogP contribution is 2.33. The topological polar surface area (TPSA) is 55.4 Å². The number of nitrogens with zero attached hydrogens (tertiary/aromatic N) is 4. The summed E-state index contributed by atoms with van der Waals surface area (Å²) in [7, 11) is 4.12. The Morgan fingerprint density at radius 3 is 2.19 bits per heavy atom. The standard InChI is InChI=1S/C23H46N6O.HI/c1-20(2)21(28-12-10-27(4)11-13-28)18-25-22(24-3)26-19-23(8-6-5-7-9-23)29-14-16-30-17-15-29;/h20-21H,5-19H2,1-4H3,(H2,24,25,26);1H. The Hall–Kier alpha value is -0.160. The van der Waals surface area contributed by atoms with Crippen LogP contribution in [0.4, 0.5) is 0 Å². The molecule has 2 saturated heterocycles. The molecule has 0 aromatic heterocycles. The number of ether oxygens (including phenoxy) is 1. The van der Waals surface area contributed by atoms with E-state index in [2.05, 4.69) is 51.2 Å². The highest BCUT2D eigenvalue weighted by Gasteiger charge is 2.38. The average molecular weight is 551 g/mol. The monoisotopic (exact) mass is 550 g/mol. The minimum atomic E-state index is 0. The van der Waals surface area contributed by atoms with Gasteiger partial charge in [-0.1, -0.05) is 33.1 Å². The zero-order valence-corrected chi connectivity index (χ0v) is 22.7. The van der Waals surface area contributed by atoms with Crippen LogP contribution in [0, 0.1) is 5.92 Å². The van der Waals surface area contributed by atoms with Crippen molar-refractivity contribution in [3.05, 3.63) is 0 Å². The van der Waals surface area contributed by atoms with Gasteiger partial charge in [0.2, 0.25) is 0 Å². The van der Waals surface area contributed by atoms with Gasteiger partial charge in [0.05, 0.1) is 13.2 Å². The van der Waals surface area contributed by atoms with Crippen molar-refractivity contribution in [1.29, 1.82) is 0 Å². The van der Waals surface area contributed by atoms with E-state index in [-0.39, 0.29) is 29.5 Å². The van der Waals surface area contributed by atoms with Crippen molar-refractivity contribution >= 4 is 29.9 Å². The average Bonchev–Trinajstić information content (AvgIpc) is 2.78. The molecule has 0 aromatic carbocycles. The third-order valence-electron chi connectivity index (χ3n) is 7.53. The van der Waals surface area contributed by atoms with Crippen molar-refractivity contribution < 1.29 is 4.74 Å². The summed E-state index contributed by atoms with van der Waals surface area (Å²) in [6.45, 7) is 15.1.